The van der Waals surface area contributed by atoms with Gasteiger partial charge < -0.3 is 10.1 Å². The van der Waals surface area contributed by atoms with E-state index in [1.54, 1.807) is 0 Å². The minimum atomic E-state index is -3.47. The molecule has 1 heterocycles. The third-order valence-corrected chi connectivity index (χ3v) is 4.89. The lowest BCUT2D eigenvalue weighted by Gasteiger charge is -2.23. The average Bonchev–Trinajstić information content (AvgIpc) is 2.46. The van der Waals surface area contributed by atoms with Crippen molar-refractivity contribution in [3.05, 3.63) is 24.0 Å². The molecule has 0 radical (unpaired) electrons. The second-order valence-corrected chi connectivity index (χ2v) is 7.05. The van der Waals surface area contributed by atoms with E-state index in [4.69, 9.17) is 4.74 Å². The van der Waals surface area contributed by atoms with Crippen LogP contribution in [-0.4, -0.2) is 33.9 Å². The highest BCUT2D eigenvalue weighted by Crippen LogP contribution is 2.21. The number of methoxy groups -OCH3 is 1. The van der Waals surface area contributed by atoms with Gasteiger partial charge in [-0.15, -0.1) is 0 Å². The molecular weight excluding hydrogens is 295 g/mol. The Kier molecular flexibility index (Phi) is 5.41. The molecule has 0 amide bonds. The van der Waals surface area contributed by atoms with Gasteiger partial charge in [-0.2, -0.15) is 0 Å². The molecule has 1 aliphatic heterocycles. The number of nitrogens with one attached hydrogen (secondary N) is 2. The van der Waals surface area contributed by atoms with E-state index in [0.717, 1.165) is 31.9 Å². The van der Waals surface area contributed by atoms with Crippen LogP contribution in [0, 0.1) is 5.82 Å². The van der Waals surface area contributed by atoms with Crippen LogP contribution in [-0.2, 0) is 10.0 Å². The van der Waals surface area contributed by atoms with E-state index in [2.05, 4.69) is 10.0 Å². The number of anilines is 1. The van der Waals surface area contributed by atoms with Crippen molar-refractivity contribution in [2.45, 2.75) is 31.7 Å². The van der Waals surface area contributed by atoms with Gasteiger partial charge in [-0.25, -0.2) is 12.8 Å². The summed E-state index contributed by atoms with van der Waals surface area (Å²) in [4.78, 5) is 0. The molecule has 0 bridgehead atoms. The van der Waals surface area contributed by atoms with Gasteiger partial charge in [-0.05, 0) is 37.9 Å². The van der Waals surface area contributed by atoms with Crippen LogP contribution in [0.5, 0.6) is 5.75 Å². The Morgan fingerprint density at radius 2 is 2.24 bits per heavy atom. The normalized spacial score (nSPS) is 19.2. The summed E-state index contributed by atoms with van der Waals surface area (Å²) in [5.41, 5.74) is 0.213. The molecule has 0 saturated carbocycles. The maximum atomic E-state index is 13.5. The lowest BCUT2D eigenvalue weighted by Crippen LogP contribution is -2.36. The highest BCUT2D eigenvalue weighted by molar-refractivity contribution is 7.92. The maximum Gasteiger partial charge on any atom is 0.232 e. The molecule has 0 aromatic heterocycles. The zero-order chi connectivity index (χ0) is 15.3. The number of benzene rings is 1. The molecule has 21 heavy (non-hydrogen) atoms. The van der Waals surface area contributed by atoms with Crippen molar-refractivity contribution in [1.82, 2.24) is 5.32 Å². The fraction of sp³-hybridized carbons (Fsp3) is 0.571. The molecule has 1 aromatic carbocycles. The maximum absolute atomic E-state index is 13.5. The Bertz CT molecular complexity index is 572. The van der Waals surface area contributed by atoms with Crippen molar-refractivity contribution in [1.29, 1.82) is 0 Å². The lowest BCUT2D eigenvalue weighted by atomic mass is 10.0. The monoisotopic (exact) mass is 316 g/mol. The fourth-order valence-corrected chi connectivity index (χ4v) is 3.61. The molecule has 5 nitrogen and oxygen atoms in total. The number of sulfonamides is 1. The molecular formula is C14H21FN2O3S. The van der Waals surface area contributed by atoms with E-state index >= 15 is 0 Å². The first kappa shape index (κ1) is 16.0. The van der Waals surface area contributed by atoms with E-state index in [0.29, 0.717) is 6.42 Å². The molecule has 118 valence electrons. The number of hydrogen-bond acceptors (Lipinski definition) is 4. The molecule has 1 fully saturated rings. The molecule has 0 aliphatic carbocycles. The first-order valence-electron chi connectivity index (χ1n) is 7.07. The molecule has 2 N–H and O–H groups in total. The van der Waals surface area contributed by atoms with E-state index in [9.17, 15) is 12.8 Å². The van der Waals surface area contributed by atoms with E-state index < -0.39 is 15.8 Å². The molecule has 1 unspecified atom stereocenters. The zero-order valence-corrected chi connectivity index (χ0v) is 12.9. The van der Waals surface area contributed by atoms with Gasteiger partial charge in [0.2, 0.25) is 10.0 Å². The predicted octanol–water partition coefficient (Wildman–Crippen LogP) is 2.11. The third kappa shape index (κ3) is 4.86. The van der Waals surface area contributed by atoms with E-state index in [1.807, 2.05) is 0 Å². The van der Waals surface area contributed by atoms with E-state index in [1.165, 1.54) is 19.2 Å². The Morgan fingerprint density at radius 3 is 2.86 bits per heavy atom. The molecule has 1 atom stereocenters. The standard InChI is InChI=1S/C14H21FN2O3S/c1-20-14-6-5-12(10-13(14)15)17-21(18,19)9-7-11-4-2-3-8-16-11/h5-6,10-11,16-17H,2-4,7-9H2,1H3. The number of piperidine rings is 1. The topological polar surface area (TPSA) is 67.4 Å². The van der Waals surface area contributed by atoms with Crippen LogP contribution in [0.4, 0.5) is 10.1 Å². The molecule has 2 rings (SSSR count). The molecule has 1 saturated heterocycles. The summed E-state index contributed by atoms with van der Waals surface area (Å²) in [5, 5.41) is 3.31. The van der Waals surface area contributed by atoms with Crippen LogP contribution in [0.15, 0.2) is 18.2 Å². The Hall–Kier alpha value is -1.34. The number of hydrogen-bond donors (Lipinski definition) is 2. The first-order chi connectivity index (χ1) is 10.00. The number of ether oxygens (including phenoxy) is 1. The summed E-state index contributed by atoms with van der Waals surface area (Å²) in [6.45, 7) is 0.946. The fourth-order valence-electron chi connectivity index (χ4n) is 2.43. The largest absolute Gasteiger partial charge is 0.494 e. The van der Waals surface area contributed by atoms with Crippen molar-refractivity contribution in [2.24, 2.45) is 0 Å². The summed E-state index contributed by atoms with van der Waals surface area (Å²) in [6.07, 6.45) is 3.85. The highest BCUT2D eigenvalue weighted by atomic mass is 32.2. The van der Waals surface area contributed by atoms with Gasteiger partial charge in [0.1, 0.15) is 0 Å². The minimum Gasteiger partial charge on any atom is -0.494 e. The van der Waals surface area contributed by atoms with Gasteiger partial charge in [0, 0.05) is 12.1 Å². The summed E-state index contributed by atoms with van der Waals surface area (Å²) in [6, 6.07) is 4.26. The van der Waals surface area contributed by atoms with Crippen LogP contribution in [0.1, 0.15) is 25.7 Å². The van der Waals surface area contributed by atoms with Crippen LogP contribution >= 0.6 is 0 Å². The van der Waals surface area contributed by atoms with Crippen molar-refractivity contribution in [2.75, 3.05) is 24.1 Å². The van der Waals surface area contributed by atoms with Gasteiger partial charge in [-0.1, -0.05) is 6.42 Å². The zero-order valence-electron chi connectivity index (χ0n) is 12.1. The van der Waals surface area contributed by atoms with Gasteiger partial charge in [0.05, 0.1) is 18.6 Å². The smallest absolute Gasteiger partial charge is 0.232 e. The number of rotatable bonds is 6. The van der Waals surface area contributed by atoms with Crippen LogP contribution in [0.2, 0.25) is 0 Å². The van der Waals surface area contributed by atoms with Crippen LogP contribution in [0.3, 0.4) is 0 Å². The Balaban J connectivity index is 1.92. The second kappa shape index (κ2) is 7.09. The van der Waals surface area contributed by atoms with Crippen LogP contribution < -0.4 is 14.8 Å². The number of halogens is 1. The van der Waals surface area contributed by atoms with Crippen molar-refractivity contribution < 1.29 is 17.5 Å². The lowest BCUT2D eigenvalue weighted by molar-refractivity contribution is 0.386. The van der Waals surface area contributed by atoms with Crippen LogP contribution in [0.25, 0.3) is 0 Å². The third-order valence-electron chi connectivity index (χ3n) is 3.57. The quantitative estimate of drug-likeness (QED) is 0.843. The highest BCUT2D eigenvalue weighted by Gasteiger charge is 2.18. The second-order valence-electron chi connectivity index (χ2n) is 5.21. The molecule has 7 heteroatoms. The van der Waals surface area contributed by atoms with Crippen molar-refractivity contribution in [3.8, 4) is 5.75 Å². The Labute approximate surface area is 124 Å². The average molecular weight is 316 g/mol. The SMILES string of the molecule is COc1ccc(NS(=O)(=O)CCC2CCCCN2)cc1F. The summed E-state index contributed by atoms with van der Waals surface area (Å²) in [7, 11) is -2.11. The van der Waals surface area contributed by atoms with Crippen molar-refractivity contribution in [3.63, 3.8) is 0 Å². The summed E-state index contributed by atoms with van der Waals surface area (Å²) < 4.78 is 44.8. The van der Waals surface area contributed by atoms with Gasteiger partial charge >= 0.3 is 0 Å². The summed E-state index contributed by atoms with van der Waals surface area (Å²) >= 11 is 0. The van der Waals surface area contributed by atoms with Crippen molar-refractivity contribution >= 4 is 15.7 Å². The Morgan fingerprint density at radius 1 is 1.43 bits per heavy atom. The molecule has 0 spiro atoms. The van der Waals surface area contributed by atoms with Gasteiger partial charge in [0.25, 0.3) is 0 Å². The van der Waals surface area contributed by atoms with Gasteiger partial charge in [-0.3, -0.25) is 4.72 Å². The predicted molar refractivity (Wildman–Crippen MR) is 80.6 cm³/mol. The minimum absolute atomic E-state index is 0.0261. The van der Waals surface area contributed by atoms with E-state index in [-0.39, 0.29) is 23.2 Å². The molecule has 1 aliphatic rings. The first-order valence-corrected chi connectivity index (χ1v) is 8.73. The summed E-state index contributed by atoms with van der Waals surface area (Å²) in [5.74, 6) is -0.478. The van der Waals surface area contributed by atoms with Gasteiger partial charge in [0.15, 0.2) is 11.6 Å². The molecule has 1 aromatic rings.